The lowest BCUT2D eigenvalue weighted by atomic mass is 9.45. The molecule has 0 aliphatic heterocycles. The van der Waals surface area contributed by atoms with Crippen LogP contribution in [0.3, 0.4) is 0 Å². The van der Waals surface area contributed by atoms with E-state index in [2.05, 4.69) is 19.6 Å². The Labute approximate surface area is 152 Å². The predicted octanol–water partition coefficient (Wildman–Crippen LogP) is 3.94. The van der Waals surface area contributed by atoms with E-state index in [4.69, 9.17) is 0 Å². The molecule has 0 aromatic heterocycles. The number of hydrogen-bond acceptors (Lipinski definition) is 2. The molecule has 2 nitrogen and oxygen atoms in total. The van der Waals surface area contributed by atoms with Crippen molar-refractivity contribution in [2.75, 3.05) is 12.3 Å². The second kappa shape index (κ2) is 6.30. The monoisotopic (exact) mass is 350 g/mol. The normalized spacial score (nSPS) is 51.0. The van der Waals surface area contributed by atoms with E-state index in [0.717, 1.165) is 30.1 Å². The first-order valence-electron chi connectivity index (χ1n) is 10.5. The number of fused-ring (bicyclic) bond motifs is 5. The fourth-order valence-corrected chi connectivity index (χ4v) is 8.65. The van der Waals surface area contributed by atoms with Gasteiger partial charge in [0, 0.05) is 11.2 Å². The second-order valence-electron chi connectivity index (χ2n) is 9.67. The molecule has 3 N–H and O–H groups in total. The molecule has 0 aromatic carbocycles. The third-order valence-electron chi connectivity index (χ3n) is 8.76. The van der Waals surface area contributed by atoms with Crippen LogP contribution in [0.5, 0.6) is 0 Å². The topological polar surface area (TPSA) is 44.7 Å². The molecular formula is C21H36NOS+. The zero-order valence-electron chi connectivity index (χ0n) is 15.7. The lowest BCUT2D eigenvalue weighted by Crippen LogP contribution is -2.52. The number of quaternary nitrogens is 1. The smallest absolute Gasteiger partial charge is 0.151 e. The molecule has 3 heteroatoms. The van der Waals surface area contributed by atoms with Crippen LogP contribution in [0.25, 0.3) is 0 Å². The minimum Gasteiger partial charge on any atom is -0.357 e. The van der Waals surface area contributed by atoms with Crippen molar-refractivity contribution in [3.8, 4) is 0 Å². The molecule has 0 saturated heterocycles. The van der Waals surface area contributed by atoms with Gasteiger partial charge in [-0.1, -0.05) is 26.7 Å². The molecule has 4 rings (SSSR count). The summed E-state index contributed by atoms with van der Waals surface area (Å²) in [6.07, 6.45) is 12.3. The first kappa shape index (κ1) is 17.4. The maximum atomic E-state index is 13.2. The van der Waals surface area contributed by atoms with Gasteiger partial charge in [0.2, 0.25) is 0 Å². The van der Waals surface area contributed by atoms with Crippen molar-refractivity contribution < 1.29 is 10.5 Å². The molecule has 4 fully saturated rings. The molecule has 136 valence electrons. The van der Waals surface area contributed by atoms with Crippen LogP contribution < -0.4 is 5.73 Å². The minimum atomic E-state index is -0.00212. The zero-order valence-corrected chi connectivity index (χ0v) is 16.5. The summed E-state index contributed by atoms with van der Waals surface area (Å²) in [5.41, 5.74) is 4.55. The van der Waals surface area contributed by atoms with E-state index < -0.39 is 0 Å². The van der Waals surface area contributed by atoms with E-state index in [0.29, 0.717) is 17.1 Å². The summed E-state index contributed by atoms with van der Waals surface area (Å²) < 4.78 is 0. The van der Waals surface area contributed by atoms with Crippen molar-refractivity contribution in [2.45, 2.75) is 76.9 Å². The average molecular weight is 351 g/mol. The van der Waals surface area contributed by atoms with Gasteiger partial charge in [0.1, 0.15) is 0 Å². The molecule has 4 unspecified atom stereocenters. The average Bonchev–Trinajstić information content (AvgIpc) is 2.84. The van der Waals surface area contributed by atoms with Gasteiger partial charge in [0.25, 0.3) is 0 Å². The molecule has 4 aliphatic rings. The number of carbonyl (C=O) groups is 1. The first-order valence-corrected chi connectivity index (χ1v) is 11.5. The summed E-state index contributed by atoms with van der Waals surface area (Å²) >= 11 is 1.91. The van der Waals surface area contributed by atoms with Gasteiger partial charge in [-0.3, -0.25) is 4.79 Å². The summed E-state index contributed by atoms with van der Waals surface area (Å²) in [6.45, 7) is 5.90. The van der Waals surface area contributed by atoms with Crippen LogP contribution in [-0.2, 0) is 4.79 Å². The Morgan fingerprint density at radius 3 is 2.71 bits per heavy atom. The Hall–Kier alpha value is -0.0200. The standard InChI is InChI=1S/C21H35NOS/c1-20-9-4-3-5-14(20)6-7-15-16(20)8-10-21(2)17(15)13-18(19(21)23)24-12-11-22/h14-18H,3-13,22H2,1-2H3/p+1/t14?,15?,16?,17?,18-,20-,21-/m0/s1. The largest absolute Gasteiger partial charge is 0.357 e. The summed E-state index contributed by atoms with van der Waals surface area (Å²) in [5, 5.41) is 0.275. The minimum absolute atomic E-state index is 0.00212. The van der Waals surface area contributed by atoms with Gasteiger partial charge < -0.3 is 5.73 Å². The van der Waals surface area contributed by atoms with Crippen LogP contribution in [0.15, 0.2) is 0 Å². The van der Waals surface area contributed by atoms with Crippen molar-refractivity contribution in [1.29, 1.82) is 0 Å². The van der Waals surface area contributed by atoms with Crippen molar-refractivity contribution >= 4 is 17.5 Å². The van der Waals surface area contributed by atoms with E-state index in [1.54, 1.807) is 0 Å². The number of hydrogen-bond donors (Lipinski definition) is 1. The summed E-state index contributed by atoms with van der Waals surface area (Å²) in [4.78, 5) is 13.2. The predicted molar refractivity (Wildman–Crippen MR) is 101 cm³/mol. The molecular weight excluding hydrogens is 314 g/mol. The number of thioether (sulfide) groups is 1. The molecule has 4 aliphatic carbocycles. The highest BCUT2D eigenvalue weighted by Gasteiger charge is 2.61. The molecule has 7 atom stereocenters. The Morgan fingerprint density at radius 1 is 1.08 bits per heavy atom. The van der Waals surface area contributed by atoms with Crippen molar-refractivity contribution in [2.24, 2.45) is 34.5 Å². The van der Waals surface area contributed by atoms with Crippen molar-refractivity contribution in [1.82, 2.24) is 0 Å². The van der Waals surface area contributed by atoms with E-state index in [-0.39, 0.29) is 10.7 Å². The fourth-order valence-electron chi connectivity index (χ4n) is 7.43. The van der Waals surface area contributed by atoms with Gasteiger partial charge in [0.15, 0.2) is 5.78 Å². The van der Waals surface area contributed by atoms with E-state index in [1.807, 2.05) is 11.8 Å². The maximum Gasteiger partial charge on any atom is 0.151 e. The van der Waals surface area contributed by atoms with E-state index >= 15 is 0 Å². The summed E-state index contributed by atoms with van der Waals surface area (Å²) in [6, 6.07) is 0. The second-order valence-corrected chi connectivity index (χ2v) is 11.0. The molecule has 0 radical (unpaired) electrons. The summed E-state index contributed by atoms with van der Waals surface area (Å²) in [7, 11) is 0. The highest BCUT2D eigenvalue weighted by Crippen LogP contribution is 2.66. The SMILES string of the molecule is C[C@]12CCCCC1CCC1C2CC[C@]2(C)C(=O)[C@@H](SCC[NH3+])CC12. The van der Waals surface area contributed by atoms with Gasteiger partial charge in [-0.25, -0.2) is 0 Å². The molecule has 0 amide bonds. The van der Waals surface area contributed by atoms with Crippen LogP contribution >= 0.6 is 11.8 Å². The van der Waals surface area contributed by atoms with Crippen LogP contribution in [-0.4, -0.2) is 23.3 Å². The lowest BCUT2D eigenvalue weighted by molar-refractivity contribution is -0.360. The molecule has 4 saturated carbocycles. The lowest BCUT2D eigenvalue weighted by Gasteiger charge is -2.59. The first-order chi connectivity index (χ1) is 11.5. The van der Waals surface area contributed by atoms with Crippen LogP contribution in [0.4, 0.5) is 0 Å². The van der Waals surface area contributed by atoms with Crippen LogP contribution in [0, 0.1) is 34.5 Å². The fraction of sp³-hybridized carbons (Fsp3) is 0.952. The van der Waals surface area contributed by atoms with Gasteiger partial charge in [-0.05, 0) is 74.0 Å². The Kier molecular flexibility index (Phi) is 4.57. The van der Waals surface area contributed by atoms with E-state index in [1.165, 1.54) is 57.8 Å². The number of ketones is 1. The number of rotatable bonds is 3. The highest BCUT2D eigenvalue weighted by molar-refractivity contribution is 8.00. The van der Waals surface area contributed by atoms with Gasteiger partial charge >= 0.3 is 0 Å². The number of Topliss-reactive ketones (excluding diaryl/α,β-unsaturated/α-hetero) is 1. The zero-order chi connectivity index (χ0) is 16.9. The third kappa shape index (κ3) is 2.44. The molecule has 24 heavy (non-hydrogen) atoms. The summed E-state index contributed by atoms with van der Waals surface area (Å²) in [5.74, 6) is 5.03. The number of carbonyl (C=O) groups excluding carboxylic acids is 1. The van der Waals surface area contributed by atoms with Crippen LogP contribution in [0.2, 0.25) is 0 Å². The van der Waals surface area contributed by atoms with Crippen LogP contribution in [0.1, 0.15) is 71.6 Å². The van der Waals surface area contributed by atoms with Gasteiger partial charge in [-0.15, -0.1) is 11.8 Å². The highest BCUT2D eigenvalue weighted by atomic mass is 32.2. The Morgan fingerprint density at radius 2 is 1.92 bits per heavy atom. The molecule has 0 spiro atoms. The molecule has 0 aromatic rings. The van der Waals surface area contributed by atoms with Crippen molar-refractivity contribution in [3.05, 3.63) is 0 Å². The maximum absolute atomic E-state index is 13.2. The molecule has 0 heterocycles. The van der Waals surface area contributed by atoms with Gasteiger partial charge in [0.05, 0.1) is 11.8 Å². The van der Waals surface area contributed by atoms with E-state index in [9.17, 15) is 4.79 Å². The Balaban J connectivity index is 1.58. The Bertz CT molecular complexity index is 508. The van der Waals surface area contributed by atoms with Crippen molar-refractivity contribution in [3.63, 3.8) is 0 Å². The van der Waals surface area contributed by atoms with Gasteiger partial charge in [-0.2, -0.15) is 0 Å². The third-order valence-corrected chi connectivity index (χ3v) is 10.1. The quantitative estimate of drug-likeness (QED) is 0.838. The molecule has 0 bridgehead atoms.